The topological polar surface area (TPSA) is 55.8 Å². The lowest BCUT2D eigenvalue weighted by molar-refractivity contribution is 0.174. The zero-order chi connectivity index (χ0) is 20.6. The minimum atomic E-state index is -3.90. The maximum Gasteiger partial charge on any atom is 0.264 e. The number of hydrogen-bond acceptors (Lipinski definition) is 4. The molecule has 0 fully saturated rings. The molecule has 1 heterocycles. The Morgan fingerprint density at radius 2 is 1.59 bits per heavy atom. The lowest BCUT2D eigenvalue weighted by Gasteiger charge is -2.31. The third kappa shape index (κ3) is 3.65. The molecule has 3 aromatic rings. The number of halogens is 1. The zero-order valence-corrected chi connectivity index (χ0v) is 16.8. The van der Waals surface area contributed by atoms with Crippen LogP contribution >= 0.6 is 0 Å². The van der Waals surface area contributed by atoms with Crippen LogP contribution in [0.15, 0.2) is 71.6 Å². The molecule has 1 aliphatic heterocycles. The molecule has 29 heavy (non-hydrogen) atoms. The number of sulfonamides is 1. The Hall–Kier alpha value is -3.06. The second kappa shape index (κ2) is 7.40. The quantitative estimate of drug-likeness (QED) is 0.602. The van der Waals surface area contributed by atoms with E-state index in [0.717, 1.165) is 5.56 Å². The standard InChI is InChI=1S/C22H20FNO4S/c1-15-3-10-20(11-4-15)29(25,26)24(16(2)17-5-7-18(23)8-6-17)19-9-12-21-22(13-19)28-14-27-21/h3-13,16H,14H2,1-2H3. The van der Waals surface area contributed by atoms with E-state index < -0.39 is 16.1 Å². The zero-order valence-electron chi connectivity index (χ0n) is 16.0. The molecule has 0 aromatic heterocycles. The molecule has 150 valence electrons. The molecule has 3 aromatic carbocycles. The van der Waals surface area contributed by atoms with Gasteiger partial charge in [-0.1, -0.05) is 29.8 Å². The van der Waals surface area contributed by atoms with Gasteiger partial charge in [0, 0.05) is 6.07 Å². The molecule has 0 radical (unpaired) electrons. The second-order valence-corrected chi connectivity index (χ2v) is 8.69. The summed E-state index contributed by atoms with van der Waals surface area (Å²) in [5.41, 5.74) is 2.07. The Balaban J connectivity index is 1.84. The van der Waals surface area contributed by atoms with Gasteiger partial charge in [-0.15, -0.1) is 0 Å². The van der Waals surface area contributed by atoms with Crippen LogP contribution in [-0.2, 0) is 10.0 Å². The molecule has 7 heteroatoms. The van der Waals surface area contributed by atoms with Gasteiger partial charge in [0.2, 0.25) is 6.79 Å². The first-order valence-corrected chi connectivity index (χ1v) is 10.6. The largest absolute Gasteiger partial charge is 0.454 e. The third-order valence-electron chi connectivity index (χ3n) is 4.89. The summed E-state index contributed by atoms with van der Waals surface area (Å²) in [6.07, 6.45) is 0. The van der Waals surface area contributed by atoms with Gasteiger partial charge in [-0.3, -0.25) is 4.31 Å². The Morgan fingerprint density at radius 1 is 0.931 bits per heavy atom. The number of benzene rings is 3. The Bertz CT molecular complexity index is 1130. The summed E-state index contributed by atoms with van der Waals surface area (Å²) in [7, 11) is -3.90. The highest BCUT2D eigenvalue weighted by Gasteiger charge is 2.31. The van der Waals surface area contributed by atoms with Crippen LogP contribution in [0.4, 0.5) is 10.1 Å². The number of ether oxygens (including phenoxy) is 2. The van der Waals surface area contributed by atoms with Crippen molar-refractivity contribution in [2.45, 2.75) is 24.8 Å². The molecule has 0 amide bonds. The number of nitrogens with zero attached hydrogens (tertiary/aromatic N) is 1. The molecule has 0 saturated heterocycles. The van der Waals surface area contributed by atoms with Gasteiger partial charge >= 0.3 is 0 Å². The van der Waals surface area contributed by atoms with E-state index in [9.17, 15) is 12.8 Å². The first-order chi connectivity index (χ1) is 13.9. The normalized spacial score (nSPS) is 13.9. The minimum absolute atomic E-state index is 0.0943. The molecule has 1 atom stereocenters. The van der Waals surface area contributed by atoms with E-state index in [-0.39, 0.29) is 17.5 Å². The Kier molecular flexibility index (Phi) is 4.92. The number of fused-ring (bicyclic) bond motifs is 1. The van der Waals surface area contributed by atoms with E-state index in [2.05, 4.69) is 0 Å². The molecule has 1 unspecified atom stereocenters. The molecule has 5 nitrogen and oxygen atoms in total. The van der Waals surface area contributed by atoms with Gasteiger partial charge in [-0.05, 0) is 55.8 Å². The fourth-order valence-electron chi connectivity index (χ4n) is 3.29. The first-order valence-electron chi connectivity index (χ1n) is 9.12. The summed E-state index contributed by atoms with van der Waals surface area (Å²) in [4.78, 5) is 0.176. The van der Waals surface area contributed by atoms with E-state index in [1.54, 1.807) is 61.5 Å². The lowest BCUT2D eigenvalue weighted by Crippen LogP contribution is -2.33. The van der Waals surface area contributed by atoms with E-state index in [1.165, 1.54) is 16.4 Å². The second-order valence-electron chi connectivity index (χ2n) is 6.88. The van der Waals surface area contributed by atoms with Crippen molar-refractivity contribution in [1.29, 1.82) is 0 Å². The molecule has 0 bridgehead atoms. The van der Waals surface area contributed by atoms with E-state index in [4.69, 9.17) is 9.47 Å². The van der Waals surface area contributed by atoms with Crippen molar-refractivity contribution in [3.05, 3.63) is 83.7 Å². The summed E-state index contributed by atoms with van der Waals surface area (Å²) in [5.74, 6) is 0.672. The number of hydrogen-bond donors (Lipinski definition) is 0. The lowest BCUT2D eigenvalue weighted by atomic mass is 10.1. The molecular formula is C22H20FNO4S. The summed E-state index contributed by atoms with van der Waals surface area (Å²) in [5, 5.41) is 0. The molecule has 0 aliphatic carbocycles. The average molecular weight is 413 g/mol. The predicted octanol–water partition coefficient (Wildman–Crippen LogP) is 4.82. The third-order valence-corrected chi connectivity index (χ3v) is 6.81. The van der Waals surface area contributed by atoms with Crippen molar-refractivity contribution < 1.29 is 22.3 Å². The van der Waals surface area contributed by atoms with Crippen LogP contribution in [0, 0.1) is 12.7 Å². The van der Waals surface area contributed by atoms with Gasteiger partial charge in [0.05, 0.1) is 16.6 Å². The summed E-state index contributed by atoms with van der Waals surface area (Å²) in [6, 6.07) is 16.9. The van der Waals surface area contributed by atoms with Crippen molar-refractivity contribution in [3.63, 3.8) is 0 Å². The average Bonchev–Trinajstić information content (AvgIpc) is 3.16. The molecular weight excluding hydrogens is 393 g/mol. The van der Waals surface area contributed by atoms with Crippen LogP contribution < -0.4 is 13.8 Å². The van der Waals surface area contributed by atoms with Crippen molar-refractivity contribution in [1.82, 2.24) is 0 Å². The maximum absolute atomic E-state index is 13.6. The van der Waals surface area contributed by atoms with Gasteiger partial charge in [0.15, 0.2) is 11.5 Å². The van der Waals surface area contributed by atoms with Gasteiger partial charge < -0.3 is 9.47 Å². The van der Waals surface area contributed by atoms with Crippen molar-refractivity contribution in [2.24, 2.45) is 0 Å². The van der Waals surface area contributed by atoms with Crippen LogP contribution in [-0.4, -0.2) is 15.2 Å². The minimum Gasteiger partial charge on any atom is -0.454 e. The number of rotatable bonds is 5. The first kappa shape index (κ1) is 19.3. The molecule has 0 saturated carbocycles. The van der Waals surface area contributed by atoms with Crippen LogP contribution in [0.1, 0.15) is 24.1 Å². The summed E-state index contributed by atoms with van der Waals surface area (Å²) in [6.45, 7) is 3.76. The van der Waals surface area contributed by atoms with Gasteiger partial charge in [0.25, 0.3) is 10.0 Å². The van der Waals surface area contributed by atoms with Crippen LogP contribution in [0.25, 0.3) is 0 Å². The monoisotopic (exact) mass is 413 g/mol. The fourth-order valence-corrected chi connectivity index (χ4v) is 4.93. The van der Waals surface area contributed by atoms with Gasteiger partial charge in [-0.25, -0.2) is 12.8 Å². The SMILES string of the molecule is Cc1ccc(S(=O)(=O)N(c2ccc3c(c2)OCO3)C(C)c2ccc(F)cc2)cc1. The Morgan fingerprint density at radius 3 is 2.28 bits per heavy atom. The van der Waals surface area contributed by atoms with E-state index >= 15 is 0 Å². The number of aryl methyl sites for hydroxylation is 1. The molecule has 0 N–H and O–H groups in total. The summed E-state index contributed by atoms with van der Waals surface area (Å²) < 4.78 is 52.7. The predicted molar refractivity (Wildman–Crippen MR) is 108 cm³/mol. The van der Waals surface area contributed by atoms with E-state index in [1.807, 2.05) is 6.92 Å². The van der Waals surface area contributed by atoms with Crippen LogP contribution in [0.5, 0.6) is 11.5 Å². The van der Waals surface area contributed by atoms with Crippen LogP contribution in [0.3, 0.4) is 0 Å². The highest BCUT2D eigenvalue weighted by Crippen LogP contribution is 2.40. The maximum atomic E-state index is 13.6. The van der Waals surface area contributed by atoms with Gasteiger partial charge in [0.1, 0.15) is 5.82 Å². The van der Waals surface area contributed by atoms with E-state index in [0.29, 0.717) is 22.7 Å². The number of anilines is 1. The highest BCUT2D eigenvalue weighted by molar-refractivity contribution is 7.92. The summed E-state index contributed by atoms with van der Waals surface area (Å²) >= 11 is 0. The van der Waals surface area contributed by atoms with Crippen molar-refractivity contribution >= 4 is 15.7 Å². The fraction of sp³-hybridized carbons (Fsp3) is 0.182. The molecule has 0 spiro atoms. The van der Waals surface area contributed by atoms with Crippen LogP contribution in [0.2, 0.25) is 0 Å². The van der Waals surface area contributed by atoms with Crippen molar-refractivity contribution in [2.75, 3.05) is 11.1 Å². The highest BCUT2D eigenvalue weighted by atomic mass is 32.2. The smallest absolute Gasteiger partial charge is 0.264 e. The van der Waals surface area contributed by atoms with Crippen molar-refractivity contribution in [3.8, 4) is 11.5 Å². The molecule has 4 rings (SSSR count). The molecule has 1 aliphatic rings. The Labute approximate surface area is 169 Å². The van der Waals surface area contributed by atoms with Gasteiger partial charge in [-0.2, -0.15) is 0 Å².